The Morgan fingerprint density at radius 1 is 1.37 bits per heavy atom. The molecule has 6 nitrogen and oxygen atoms in total. The number of allylic oxidation sites excluding steroid dienone is 1. The van der Waals surface area contributed by atoms with E-state index in [9.17, 15) is 14.7 Å². The van der Waals surface area contributed by atoms with Crippen LogP contribution >= 0.6 is 0 Å². The highest BCUT2D eigenvalue weighted by molar-refractivity contribution is 5.82. The molecule has 1 aromatic rings. The Morgan fingerprint density at radius 2 is 1.95 bits per heavy atom. The van der Waals surface area contributed by atoms with E-state index in [0.29, 0.717) is 11.3 Å². The molecule has 0 fully saturated rings. The van der Waals surface area contributed by atoms with E-state index in [1.54, 1.807) is 0 Å². The maximum atomic E-state index is 11.1. The van der Waals surface area contributed by atoms with E-state index in [1.165, 1.54) is 38.3 Å². The standard InChI is InChI=1S/C13H15NO5/c1-8(7-11(16)19-2)14-12(13(17)18)9-3-5-10(15)6-4-9/h3-7,12,14-15H,1-2H3,(H,17,18)/p-1. The Kier molecular flexibility index (Phi) is 4.93. The number of esters is 1. The van der Waals surface area contributed by atoms with Gasteiger partial charge in [0.2, 0.25) is 0 Å². The molecule has 0 aromatic heterocycles. The average molecular weight is 264 g/mol. The van der Waals surface area contributed by atoms with Crippen LogP contribution in [0, 0.1) is 0 Å². The first-order valence-electron chi connectivity index (χ1n) is 5.46. The van der Waals surface area contributed by atoms with Crippen LogP contribution < -0.4 is 10.4 Å². The first kappa shape index (κ1) is 14.6. The lowest BCUT2D eigenvalue weighted by molar-refractivity contribution is -0.308. The summed E-state index contributed by atoms with van der Waals surface area (Å²) in [5.41, 5.74) is 0.726. The van der Waals surface area contributed by atoms with Gasteiger partial charge in [-0.2, -0.15) is 0 Å². The Hall–Kier alpha value is -2.50. The molecule has 1 aromatic carbocycles. The fourth-order valence-electron chi connectivity index (χ4n) is 1.45. The summed E-state index contributed by atoms with van der Waals surface area (Å²) in [5, 5.41) is 22.9. The highest BCUT2D eigenvalue weighted by atomic mass is 16.5. The van der Waals surface area contributed by atoms with Gasteiger partial charge in [-0.05, 0) is 24.6 Å². The van der Waals surface area contributed by atoms with Crippen LogP contribution in [0.1, 0.15) is 18.5 Å². The molecule has 102 valence electrons. The number of ether oxygens (including phenoxy) is 1. The van der Waals surface area contributed by atoms with Crippen LogP contribution in [-0.4, -0.2) is 24.2 Å². The van der Waals surface area contributed by atoms with Gasteiger partial charge in [0.1, 0.15) is 5.75 Å². The van der Waals surface area contributed by atoms with Crippen LogP contribution in [-0.2, 0) is 14.3 Å². The topological polar surface area (TPSA) is 98.7 Å². The fourth-order valence-corrected chi connectivity index (χ4v) is 1.45. The van der Waals surface area contributed by atoms with Crippen molar-refractivity contribution in [1.82, 2.24) is 5.32 Å². The van der Waals surface area contributed by atoms with Crippen molar-refractivity contribution in [2.24, 2.45) is 0 Å². The zero-order chi connectivity index (χ0) is 14.4. The van der Waals surface area contributed by atoms with E-state index in [0.717, 1.165) is 6.08 Å². The molecule has 2 N–H and O–H groups in total. The second-order valence-corrected chi connectivity index (χ2v) is 3.84. The summed E-state index contributed by atoms with van der Waals surface area (Å²) in [5.74, 6) is -1.90. The number of nitrogens with one attached hydrogen (secondary N) is 1. The molecule has 0 radical (unpaired) electrons. The predicted octanol–water partition coefficient (Wildman–Crippen LogP) is -0.150. The van der Waals surface area contributed by atoms with Gasteiger partial charge in [0.25, 0.3) is 0 Å². The summed E-state index contributed by atoms with van der Waals surface area (Å²) < 4.78 is 4.43. The minimum atomic E-state index is -1.34. The third-order valence-corrected chi connectivity index (χ3v) is 2.37. The molecule has 0 heterocycles. The minimum absolute atomic E-state index is 0.0303. The van der Waals surface area contributed by atoms with E-state index in [2.05, 4.69) is 10.1 Å². The Bertz CT molecular complexity index is 492. The number of rotatable bonds is 5. The SMILES string of the molecule is COC(=O)C=C(C)NC(C(=O)[O-])c1ccc(O)cc1. The van der Waals surface area contributed by atoms with Crippen molar-refractivity contribution in [3.05, 3.63) is 41.6 Å². The monoisotopic (exact) mass is 264 g/mol. The highest BCUT2D eigenvalue weighted by Gasteiger charge is 2.13. The second kappa shape index (κ2) is 6.44. The first-order valence-corrected chi connectivity index (χ1v) is 5.46. The number of phenolic OH excluding ortho intramolecular Hbond substituents is 1. The van der Waals surface area contributed by atoms with Gasteiger partial charge in [-0.15, -0.1) is 0 Å². The maximum Gasteiger partial charge on any atom is 0.332 e. The van der Waals surface area contributed by atoms with Crippen molar-refractivity contribution in [1.29, 1.82) is 0 Å². The van der Waals surface area contributed by atoms with Gasteiger partial charge >= 0.3 is 5.97 Å². The molecule has 1 rings (SSSR count). The van der Waals surface area contributed by atoms with Crippen molar-refractivity contribution < 1.29 is 24.5 Å². The molecule has 0 saturated heterocycles. The zero-order valence-electron chi connectivity index (χ0n) is 10.5. The third kappa shape index (κ3) is 4.34. The van der Waals surface area contributed by atoms with E-state index in [4.69, 9.17) is 5.11 Å². The molecular formula is C13H14NO5-. The van der Waals surface area contributed by atoms with Gasteiger partial charge in [0.15, 0.2) is 0 Å². The van der Waals surface area contributed by atoms with Crippen LogP contribution in [0.2, 0.25) is 0 Å². The molecular weight excluding hydrogens is 250 g/mol. The largest absolute Gasteiger partial charge is 0.548 e. The Labute approximate surface area is 110 Å². The number of methoxy groups -OCH3 is 1. The number of carbonyl (C=O) groups is 2. The predicted molar refractivity (Wildman–Crippen MR) is 64.8 cm³/mol. The zero-order valence-corrected chi connectivity index (χ0v) is 10.5. The number of benzene rings is 1. The van der Waals surface area contributed by atoms with E-state index in [-0.39, 0.29) is 5.75 Å². The summed E-state index contributed by atoms with van der Waals surface area (Å²) in [4.78, 5) is 22.1. The van der Waals surface area contributed by atoms with Crippen molar-refractivity contribution in [2.75, 3.05) is 7.11 Å². The van der Waals surface area contributed by atoms with Crippen LogP contribution in [0.4, 0.5) is 0 Å². The number of carboxylic acid groups (broad SMARTS) is 1. The molecule has 1 unspecified atom stereocenters. The van der Waals surface area contributed by atoms with Gasteiger partial charge in [-0.3, -0.25) is 0 Å². The molecule has 0 amide bonds. The van der Waals surface area contributed by atoms with Gasteiger partial charge < -0.3 is 25.1 Å². The normalized spacial score (nSPS) is 12.6. The van der Waals surface area contributed by atoms with Crippen molar-refractivity contribution >= 4 is 11.9 Å². The Balaban J connectivity index is 2.91. The van der Waals surface area contributed by atoms with Crippen LogP contribution in [0.3, 0.4) is 0 Å². The van der Waals surface area contributed by atoms with Gasteiger partial charge in [0.05, 0.1) is 19.1 Å². The molecule has 6 heteroatoms. The number of hydrogen-bond acceptors (Lipinski definition) is 6. The highest BCUT2D eigenvalue weighted by Crippen LogP contribution is 2.17. The lowest BCUT2D eigenvalue weighted by Crippen LogP contribution is -2.38. The molecule has 0 aliphatic carbocycles. The lowest BCUT2D eigenvalue weighted by Gasteiger charge is -2.21. The summed E-state index contributed by atoms with van der Waals surface area (Å²) in [7, 11) is 1.22. The minimum Gasteiger partial charge on any atom is -0.548 e. The maximum absolute atomic E-state index is 11.1. The van der Waals surface area contributed by atoms with Crippen molar-refractivity contribution in [3.8, 4) is 5.75 Å². The number of aliphatic carboxylic acids is 1. The molecule has 0 spiro atoms. The van der Waals surface area contributed by atoms with E-state index < -0.39 is 18.0 Å². The molecule has 0 bridgehead atoms. The molecule has 1 atom stereocenters. The number of carboxylic acids is 1. The van der Waals surface area contributed by atoms with Gasteiger partial charge in [0, 0.05) is 11.8 Å². The Morgan fingerprint density at radius 3 is 2.42 bits per heavy atom. The van der Waals surface area contributed by atoms with Gasteiger partial charge in [-0.25, -0.2) is 4.79 Å². The average Bonchev–Trinajstić information content (AvgIpc) is 2.36. The fraction of sp³-hybridized carbons (Fsp3) is 0.231. The number of hydrogen-bond donors (Lipinski definition) is 2. The summed E-state index contributed by atoms with van der Waals surface area (Å²) >= 11 is 0. The van der Waals surface area contributed by atoms with Crippen molar-refractivity contribution in [3.63, 3.8) is 0 Å². The van der Waals surface area contributed by atoms with Crippen molar-refractivity contribution in [2.45, 2.75) is 13.0 Å². The number of phenols is 1. The van der Waals surface area contributed by atoms with Crippen LogP contribution in [0.25, 0.3) is 0 Å². The van der Waals surface area contributed by atoms with Crippen LogP contribution in [0.15, 0.2) is 36.0 Å². The van der Waals surface area contributed by atoms with E-state index in [1.807, 2.05) is 0 Å². The number of aromatic hydroxyl groups is 1. The molecule has 19 heavy (non-hydrogen) atoms. The summed E-state index contributed by atoms with van der Waals surface area (Å²) in [6.07, 6.45) is 1.14. The van der Waals surface area contributed by atoms with E-state index >= 15 is 0 Å². The second-order valence-electron chi connectivity index (χ2n) is 3.84. The van der Waals surface area contributed by atoms with Crippen LogP contribution in [0.5, 0.6) is 5.75 Å². The quantitative estimate of drug-likeness (QED) is 0.567. The summed E-state index contributed by atoms with van der Waals surface area (Å²) in [6.45, 7) is 1.53. The number of carbonyl (C=O) groups excluding carboxylic acids is 2. The smallest absolute Gasteiger partial charge is 0.332 e. The summed E-state index contributed by atoms with van der Waals surface area (Å²) in [6, 6.07) is 4.52. The molecule has 0 aliphatic rings. The third-order valence-electron chi connectivity index (χ3n) is 2.37. The lowest BCUT2D eigenvalue weighted by atomic mass is 10.1. The molecule has 0 saturated carbocycles. The molecule has 0 aliphatic heterocycles. The van der Waals surface area contributed by atoms with Gasteiger partial charge in [-0.1, -0.05) is 12.1 Å². The first-order chi connectivity index (χ1) is 8.93.